The minimum absolute atomic E-state index is 0.0358. The summed E-state index contributed by atoms with van der Waals surface area (Å²) in [6.45, 7) is 10.6. The fourth-order valence-electron chi connectivity index (χ4n) is 10.2. The van der Waals surface area contributed by atoms with Gasteiger partial charge in [0, 0.05) is 87.6 Å². The number of para-hydroxylation sites is 2. The van der Waals surface area contributed by atoms with Crippen LogP contribution in [0.15, 0.2) is 48.8 Å². The summed E-state index contributed by atoms with van der Waals surface area (Å²) >= 11 is 0. The molecule has 14 nitrogen and oxygen atoms in total. The molecule has 4 heterocycles. The van der Waals surface area contributed by atoms with Crippen LogP contribution in [0.2, 0.25) is 0 Å². The Morgan fingerprint density at radius 1 is 0.597 bits per heavy atom. The van der Waals surface area contributed by atoms with Crippen molar-refractivity contribution < 1.29 is 33.8 Å². The van der Waals surface area contributed by atoms with Crippen LogP contribution in [0.3, 0.4) is 0 Å². The lowest BCUT2D eigenvalue weighted by Gasteiger charge is -2.37. The van der Waals surface area contributed by atoms with Crippen molar-refractivity contribution in [3.05, 3.63) is 64.8 Å². The Hall–Kier alpha value is -4.82. The van der Waals surface area contributed by atoms with Gasteiger partial charge >= 0.3 is 5.09 Å². The van der Waals surface area contributed by atoms with Gasteiger partial charge < -0.3 is 38.2 Å². The fourth-order valence-corrected chi connectivity index (χ4v) is 10.2. The first-order valence-electron chi connectivity index (χ1n) is 23.4. The zero-order valence-corrected chi connectivity index (χ0v) is 37.5. The van der Waals surface area contributed by atoms with Crippen LogP contribution in [-0.4, -0.2) is 138 Å². The lowest BCUT2D eigenvalue weighted by atomic mass is 9.89. The highest BCUT2D eigenvalue weighted by Crippen LogP contribution is 2.36. The van der Waals surface area contributed by atoms with Crippen molar-refractivity contribution in [2.75, 3.05) is 79.8 Å². The summed E-state index contributed by atoms with van der Waals surface area (Å²) in [6.07, 6.45) is 16.3. The molecule has 2 saturated heterocycles. The van der Waals surface area contributed by atoms with Gasteiger partial charge in [0.2, 0.25) is 13.2 Å². The molecule has 2 saturated carbocycles. The molecule has 2 aromatic heterocycles. The van der Waals surface area contributed by atoms with E-state index in [0.717, 1.165) is 48.0 Å². The summed E-state index contributed by atoms with van der Waals surface area (Å²) in [5.41, 5.74) is 3.22. The van der Waals surface area contributed by atoms with E-state index in [4.69, 9.17) is 19.1 Å². The molecule has 0 N–H and O–H groups in total. The quantitative estimate of drug-likeness (QED) is 0.0841. The predicted octanol–water partition coefficient (Wildman–Crippen LogP) is 7.41. The highest BCUT2D eigenvalue weighted by Gasteiger charge is 2.31. The molecule has 2 unspecified atom stereocenters. The normalized spacial score (nSPS) is 21.1. The number of amides is 2. The molecular weight excluding hydrogens is 787 g/mol. The van der Waals surface area contributed by atoms with Gasteiger partial charge in [-0.1, -0.05) is 62.8 Å². The number of likely N-dealkylation sites (N-methyl/N-ethyl adjacent to an activating group) is 2. The van der Waals surface area contributed by atoms with Gasteiger partial charge in [-0.15, -0.1) is 0 Å². The molecule has 2 atom stereocenters. The van der Waals surface area contributed by atoms with Crippen LogP contribution in [0.4, 0.5) is 0 Å². The highest BCUT2D eigenvalue weighted by molar-refractivity contribution is 6.09. The third-order valence-corrected chi connectivity index (χ3v) is 14.1. The Bertz CT molecular complexity index is 2020. The van der Waals surface area contributed by atoms with E-state index in [1.165, 1.54) is 64.2 Å². The fraction of sp³-hybridized carbons (Fsp3) is 0.625. The maximum atomic E-state index is 14.0. The number of rotatable bonds is 16. The zero-order valence-electron chi connectivity index (χ0n) is 37.5. The molecule has 4 aliphatic rings. The Labute approximate surface area is 366 Å². The number of carbonyl (C=O) groups is 2. The molecule has 0 spiro atoms. The second-order valence-electron chi connectivity index (χ2n) is 18.5. The Morgan fingerprint density at radius 3 is 1.42 bits per heavy atom. The molecule has 14 heteroatoms. The minimum atomic E-state index is -0.0358. The largest absolute Gasteiger partial charge is 0.488 e. The average molecular weight is 855 g/mol. The van der Waals surface area contributed by atoms with E-state index in [0.29, 0.717) is 72.7 Å². The van der Waals surface area contributed by atoms with E-state index in [1.807, 2.05) is 58.6 Å². The standard InChI is InChI=1S/C48H68N7O7/c1-35-29-51(23-21-49(35)3)47(56)41-33-53(31-37-13-7-5-8-14-37)45-39(41)17-11-19-43(45)59-25-27-61-55(58)62-28-26-60-44-20-12-18-40-42(48(57)52-24-22-50(4)36(2)30-52)34-54(46(40)44)32-38-15-9-6-10-16-38/h11-12,17-20,33-38H,5-10,13-16,21-32H2,1-4H3/q+1. The van der Waals surface area contributed by atoms with Crippen molar-refractivity contribution in [3.63, 3.8) is 0 Å². The minimum Gasteiger partial charge on any atom is -0.488 e. The molecule has 4 aromatic rings. The molecule has 4 fully saturated rings. The van der Waals surface area contributed by atoms with Crippen molar-refractivity contribution in [1.82, 2.24) is 28.7 Å². The van der Waals surface area contributed by atoms with Gasteiger partial charge in [-0.3, -0.25) is 9.59 Å². The first kappa shape index (κ1) is 43.8. The van der Waals surface area contributed by atoms with E-state index in [1.54, 1.807) is 0 Å². The third kappa shape index (κ3) is 10.0. The molecule has 0 bridgehead atoms. The summed E-state index contributed by atoms with van der Waals surface area (Å²) in [7, 11) is 4.22. The summed E-state index contributed by atoms with van der Waals surface area (Å²) in [5.74, 6) is 2.53. The first-order valence-corrected chi connectivity index (χ1v) is 23.4. The Morgan fingerprint density at radius 2 is 1.02 bits per heavy atom. The highest BCUT2D eigenvalue weighted by atomic mass is 17.0. The van der Waals surface area contributed by atoms with Gasteiger partial charge in [-0.25, -0.2) is 0 Å². The molecule has 2 aliphatic carbocycles. The van der Waals surface area contributed by atoms with Crippen molar-refractivity contribution in [2.24, 2.45) is 11.8 Å². The van der Waals surface area contributed by atoms with Crippen LogP contribution in [0.25, 0.3) is 21.8 Å². The maximum Gasteiger partial charge on any atom is 0.477 e. The summed E-state index contributed by atoms with van der Waals surface area (Å²) < 4.78 is 17.0. The van der Waals surface area contributed by atoms with Crippen LogP contribution in [0, 0.1) is 16.7 Å². The van der Waals surface area contributed by atoms with Gasteiger partial charge in [0.25, 0.3) is 11.8 Å². The van der Waals surface area contributed by atoms with Crippen molar-refractivity contribution in [3.8, 4) is 11.5 Å². The van der Waals surface area contributed by atoms with E-state index in [2.05, 4.69) is 46.9 Å². The summed E-state index contributed by atoms with van der Waals surface area (Å²) in [5, 5.41) is 1.88. The average Bonchev–Trinajstić information content (AvgIpc) is 3.85. The number of hydrogen-bond donors (Lipinski definition) is 0. The monoisotopic (exact) mass is 855 g/mol. The number of carbonyl (C=O) groups excluding carboxylic acids is 2. The molecular formula is C48H68N7O7+. The lowest BCUT2D eigenvalue weighted by molar-refractivity contribution is -0.981. The van der Waals surface area contributed by atoms with Crippen molar-refractivity contribution >= 4 is 33.6 Å². The van der Waals surface area contributed by atoms with Gasteiger partial charge in [0.05, 0.1) is 22.2 Å². The van der Waals surface area contributed by atoms with Crippen LogP contribution in [0.5, 0.6) is 11.5 Å². The SMILES string of the molecule is CC1CN(C(=O)c2cn(CC3CCCCC3)c3c(OCCO[N+](=O)OCCOc4cccc5c(C(=O)N6CCN(C)C(C)C6)cn(CC6CCCCC6)c45)cccc23)CCN1C. The van der Waals surface area contributed by atoms with Crippen LogP contribution in [-0.2, 0) is 22.8 Å². The molecule has 2 aliphatic heterocycles. The number of benzene rings is 2. The van der Waals surface area contributed by atoms with E-state index >= 15 is 0 Å². The summed E-state index contributed by atoms with van der Waals surface area (Å²) in [6, 6.07) is 12.3. The second-order valence-corrected chi connectivity index (χ2v) is 18.5. The molecule has 2 amide bonds. The molecule has 8 rings (SSSR count). The van der Waals surface area contributed by atoms with E-state index < -0.39 is 0 Å². The van der Waals surface area contributed by atoms with Crippen molar-refractivity contribution in [1.29, 1.82) is 0 Å². The maximum absolute atomic E-state index is 14.0. The van der Waals surface area contributed by atoms with Crippen molar-refractivity contribution in [2.45, 2.75) is 103 Å². The lowest BCUT2D eigenvalue weighted by Crippen LogP contribution is -2.52. The third-order valence-electron chi connectivity index (χ3n) is 14.1. The molecule has 336 valence electrons. The zero-order chi connectivity index (χ0) is 43.2. The predicted molar refractivity (Wildman–Crippen MR) is 240 cm³/mol. The summed E-state index contributed by atoms with van der Waals surface area (Å²) in [4.78, 5) is 59.9. The van der Waals surface area contributed by atoms with E-state index in [9.17, 15) is 14.5 Å². The van der Waals surface area contributed by atoms with Gasteiger partial charge in [0.1, 0.15) is 29.6 Å². The number of hydrogen-bond acceptors (Lipinski definition) is 9. The number of fused-ring (bicyclic) bond motifs is 2. The molecule has 62 heavy (non-hydrogen) atoms. The Kier molecular flexibility index (Phi) is 14.2. The van der Waals surface area contributed by atoms with Crippen LogP contribution in [0.1, 0.15) is 98.8 Å². The van der Waals surface area contributed by atoms with Crippen LogP contribution < -0.4 is 9.47 Å². The second kappa shape index (κ2) is 20.1. The number of nitrogens with zero attached hydrogens (tertiary/aromatic N) is 7. The first-order chi connectivity index (χ1) is 30.1. The smallest absolute Gasteiger partial charge is 0.477 e. The van der Waals surface area contributed by atoms with Gasteiger partial charge in [-0.05, 0) is 77.6 Å². The number of ether oxygens (including phenoxy) is 2. The van der Waals surface area contributed by atoms with E-state index in [-0.39, 0.29) is 43.3 Å². The van der Waals surface area contributed by atoms with Gasteiger partial charge in [-0.2, -0.15) is 9.68 Å². The number of aromatic nitrogens is 2. The number of piperazine rings is 2. The van der Waals surface area contributed by atoms with Gasteiger partial charge in [0.15, 0.2) is 0 Å². The topological polar surface area (TPSA) is 114 Å². The molecule has 2 aromatic carbocycles. The molecule has 0 radical (unpaired) electrons. The van der Waals surface area contributed by atoms with Crippen LogP contribution >= 0.6 is 0 Å². The Balaban J connectivity index is 0.879.